The van der Waals surface area contributed by atoms with Crippen molar-refractivity contribution in [3.63, 3.8) is 0 Å². The number of allylic oxidation sites excluding steroid dienone is 20. The zero-order valence-electron chi connectivity index (χ0n) is 42.6. The molecule has 0 fully saturated rings. The maximum Gasteiger partial charge on any atom is 0.0994 e. The summed E-state index contributed by atoms with van der Waals surface area (Å²) < 4.78 is 0. The molecule has 0 heterocycles. The molecule has 0 saturated carbocycles. The molecular formula is C59H94O4. The van der Waals surface area contributed by atoms with Crippen LogP contribution < -0.4 is 0 Å². The summed E-state index contributed by atoms with van der Waals surface area (Å²) in [6.45, 7) is 25.7. The predicted octanol–water partition coefficient (Wildman–Crippen LogP) is 16.2. The van der Waals surface area contributed by atoms with Crippen molar-refractivity contribution < 1.29 is 20.4 Å². The Morgan fingerprint density at radius 2 is 0.556 bits per heavy atom. The molecular weight excluding hydrogens is 773 g/mol. The van der Waals surface area contributed by atoms with Crippen LogP contribution in [0.15, 0.2) is 139 Å². The van der Waals surface area contributed by atoms with Crippen molar-refractivity contribution in [1.82, 2.24) is 0 Å². The first-order chi connectivity index (χ1) is 30.0. The van der Waals surface area contributed by atoms with Crippen molar-refractivity contribution in [3.05, 3.63) is 139 Å². The Morgan fingerprint density at radius 1 is 0.333 bits per heavy atom. The second-order valence-corrected chi connectivity index (χ2v) is 19.2. The van der Waals surface area contributed by atoms with E-state index in [-0.39, 0.29) is 13.2 Å². The van der Waals surface area contributed by atoms with Crippen molar-refractivity contribution in [2.24, 2.45) is 0 Å². The molecule has 63 heavy (non-hydrogen) atoms. The van der Waals surface area contributed by atoms with Crippen molar-refractivity contribution >= 4 is 0 Å². The van der Waals surface area contributed by atoms with Gasteiger partial charge in [-0.05, 0) is 227 Å². The molecule has 0 aromatic rings. The zero-order valence-corrected chi connectivity index (χ0v) is 42.6. The van der Waals surface area contributed by atoms with Gasteiger partial charge in [-0.15, -0.1) is 0 Å². The number of aliphatic hydroxyl groups excluding tert-OH is 4. The number of hydrogen-bond acceptors (Lipinski definition) is 4. The van der Waals surface area contributed by atoms with Gasteiger partial charge in [-0.3, -0.25) is 0 Å². The van der Waals surface area contributed by atoms with Crippen LogP contribution in [0, 0.1) is 0 Å². The minimum Gasteiger partial charge on any atom is -0.392 e. The lowest BCUT2D eigenvalue weighted by Crippen LogP contribution is -2.32. The normalized spacial score (nSPS) is 18.3. The van der Waals surface area contributed by atoms with Crippen LogP contribution in [0.1, 0.15) is 205 Å². The molecule has 2 unspecified atom stereocenters. The van der Waals surface area contributed by atoms with Gasteiger partial charge in [-0.25, -0.2) is 0 Å². The molecule has 354 valence electrons. The van der Waals surface area contributed by atoms with Crippen LogP contribution in [-0.2, 0) is 0 Å². The van der Waals surface area contributed by atoms with Crippen molar-refractivity contribution in [1.29, 1.82) is 0 Å². The van der Waals surface area contributed by atoms with E-state index >= 15 is 0 Å². The average Bonchev–Trinajstić information content (AvgIpc) is 3.21. The third kappa shape index (κ3) is 27.0. The molecule has 2 atom stereocenters. The van der Waals surface area contributed by atoms with Crippen LogP contribution in [0.25, 0.3) is 0 Å². The van der Waals surface area contributed by atoms with E-state index in [0.717, 1.165) is 96.3 Å². The van der Waals surface area contributed by atoms with Crippen LogP contribution in [0.2, 0.25) is 0 Å². The number of hydrogen-bond donors (Lipinski definition) is 4. The molecule has 0 spiro atoms. The minimum atomic E-state index is -0.967. The van der Waals surface area contributed by atoms with Crippen LogP contribution in [0.4, 0.5) is 0 Å². The predicted molar refractivity (Wildman–Crippen MR) is 277 cm³/mol. The molecule has 0 radical (unpaired) electrons. The molecule has 1 aliphatic rings. The summed E-state index contributed by atoms with van der Waals surface area (Å²) in [5.74, 6) is 0. The fourth-order valence-corrected chi connectivity index (χ4v) is 8.02. The molecule has 4 N–H and O–H groups in total. The second kappa shape index (κ2) is 34.1. The fraction of sp³-hybridized carbons (Fsp3) is 0.593. The SMILES string of the molecule is CC(C)=CCC/C(C)=C/CC/C(C)=C/CC/C(C)=C/CC/C(C)=C/CC/C(C)=C/CC/C(C)=C/CC/C(C)=C/CC/C(C)=C/CC/C(C)=C/CC1=C(C)C(O)C(CO)=C(CO)C1O. The van der Waals surface area contributed by atoms with Crippen LogP contribution >= 0.6 is 0 Å². The monoisotopic (exact) mass is 867 g/mol. The first kappa shape index (κ1) is 57.7. The maximum absolute atomic E-state index is 10.8. The van der Waals surface area contributed by atoms with Gasteiger partial charge in [0.05, 0.1) is 25.4 Å². The smallest absolute Gasteiger partial charge is 0.0994 e. The van der Waals surface area contributed by atoms with Gasteiger partial charge in [-0.2, -0.15) is 0 Å². The zero-order chi connectivity index (χ0) is 47.2. The Hall–Kier alpha value is -3.28. The van der Waals surface area contributed by atoms with Crippen molar-refractivity contribution in [2.75, 3.05) is 13.2 Å². The highest BCUT2D eigenvalue weighted by Gasteiger charge is 2.31. The molecule has 0 amide bonds. The highest BCUT2D eigenvalue weighted by Crippen LogP contribution is 2.33. The van der Waals surface area contributed by atoms with E-state index in [1.807, 2.05) is 0 Å². The van der Waals surface area contributed by atoms with Gasteiger partial charge in [0, 0.05) is 0 Å². The quantitative estimate of drug-likeness (QED) is 0.0523. The van der Waals surface area contributed by atoms with E-state index < -0.39 is 12.2 Å². The number of aliphatic hydroxyl groups is 4. The Bertz CT molecular complexity index is 1750. The summed E-state index contributed by atoms with van der Waals surface area (Å²) in [5, 5.41) is 40.7. The maximum atomic E-state index is 10.8. The van der Waals surface area contributed by atoms with Crippen LogP contribution in [0.5, 0.6) is 0 Å². The lowest BCUT2D eigenvalue weighted by molar-refractivity contribution is 0.166. The molecule has 0 saturated heterocycles. The molecule has 0 aromatic heterocycles. The largest absolute Gasteiger partial charge is 0.392 e. The van der Waals surface area contributed by atoms with Gasteiger partial charge >= 0.3 is 0 Å². The van der Waals surface area contributed by atoms with Gasteiger partial charge in [0.25, 0.3) is 0 Å². The third-order valence-electron chi connectivity index (χ3n) is 12.7. The second-order valence-electron chi connectivity index (χ2n) is 19.2. The van der Waals surface area contributed by atoms with Crippen LogP contribution in [-0.4, -0.2) is 45.8 Å². The molecule has 4 nitrogen and oxygen atoms in total. The van der Waals surface area contributed by atoms with E-state index in [9.17, 15) is 20.4 Å². The molecule has 1 rings (SSSR count). The molecule has 4 heteroatoms. The van der Waals surface area contributed by atoms with E-state index in [1.165, 1.54) is 75.0 Å². The van der Waals surface area contributed by atoms with Crippen LogP contribution in [0.3, 0.4) is 0 Å². The molecule has 0 aromatic carbocycles. The summed E-state index contributed by atoms with van der Waals surface area (Å²) in [5.41, 5.74) is 16.6. The Labute approximate surface area is 388 Å². The average molecular weight is 867 g/mol. The van der Waals surface area contributed by atoms with Crippen molar-refractivity contribution in [2.45, 2.75) is 217 Å². The van der Waals surface area contributed by atoms with Gasteiger partial charge < -0.3 is 20.4 Å². The van der Waals surface area contributed by atoms with Gasteiger partial charge in [0.2, 0.25) is 0 Å². The summed E-state index contributed by atoms with van der Waals surface area (Å²) in [6, 6.07) is 0. The highest BCUT2D eigenvalue weighted by molar-refractivity contribution is 5.44. The lowest BCUT2D eigenvalue weighted by Gasteiger charge is -2.31. The van der Waals surface area contributed by atoms with Crippen molar-refractivity contribution in [3.8, 4) is 0 Å². The van der Waals surface area contributed by atoms with Gasteiger partial charge in [0.1, 0.15) is 0 Å². The first-order valence-electron chi connectivity index (χ1n) is 24.5. The Kier molecular flexibility index (Phi) is 31.3. The highest BCUT2D eigenvalue weighted by atomic mass is 16.3. The molecule has 0 bridgehead atoms. The summed E-state index contributed by atoms with van der Waals surface area (Å²) in [4.78, 5) is 0. The van der Waals surface area contributed by atoms with E-state index in [1.54, 1.807) is 6.92 Å². The molecule has 1 aliphatic carbocycles. The van der Waals surface area contributed by atoms with Gasteiger partial charge in [0.15, 0.2) is 0 Å². The minimum absolute atomic E-state index is 0.310. The fourth-order valence-electron chi connectivity index (χ4n) is 8.02. The van der Waals surface area contributed by atoms with E-state index in [0.29, 0.717) is 28.7 Å². The van der Waals surface area contributed by atoms with E-state index in [2.05, 4.69) is 137 Å². The Morgan fingerprint density at radius 3 is 0.794 bits per heavy atom. The number of rotatable bonds is 31. The third-order valence-corrected chi connectivity index (χ3v) is 12.7. The topological polar surface area (TPSA) is 80.9 Å². The summed E-state index contributed by atoms with van der Waals surface area (Å²) in [7, 11) is 0. The van der Waals surface area contributed by atoms with E-state index in [4.69, 9.17) is 0 Å². The standard InChI is InChI=1S/C59H94O4/c1-44(2)22-13-23-45(3)24-14-25-46(4)26-15-27-47(5)28-16-29-48(6)30-17-31-49(7)32-18-33-50(8)34-19-35-51(9)36-20-37-52(10)38-21-39-53(11)40-41-55-54(12)58(62)56(42-60)57(43-61)59(55)63/h22,24,26,28,30,32,34,36,38,40,58-63H,13-21,23,25,27,29,31,33,35,37,39,41-43H2,1-12H3/b45-24+,46-26+,47-28+,48-30+,49-32+,50-34+,51-36+,52-38+,53-40+. The molecule has 0 aliphatic heterocycles. The lowest BCUT2D eigenvalue weighted by atomic mass is 9.81. The summed E-state index contributed by atoms with van der Waals surface area (Å²) in [6.07, 6.45) is 42.5. The summed E-state index contributed by atoms with van der Waals surface area (Å²) >= 11 is 0. The van der Waals surface area contributed by atoms with Gasteiger partial charge in [-0.1, -0.05) is 116 Å². The first-order valence-corrected chi connectivity index (χ1v) is 24.5. The Balaban J connectivity index is 2.30.